The summed E-state index contributed by atoms with van der Waals surface area (Å²) in [6, 6.07) is 2.70. The zero-order chi connectivity index (χ0) is 13.5. The van der Waals surface area contributed by atoms with Gasteiger partial charge in [-0.05, 0) is 38.3 Å². The third-order valence-electron chi connectivity index (χ3n) is 3.43. The number of rotatable bonds is 5. The maximum atomic E-state index is 11.7. The highest BCUT2D eigenvalue weighted by Gasteiger charge is 2.27. The highest BCUT2D eigenvalue weighted by molar-refractivity contribution is 7.87. The number of nitrogens with zero attached hydrogens (tertiary/aromatic N) is 2. The lowest BCUT2D eigenvalue weighted by atomic mass is 10.2. The monoisotopic (exact) mass is 271 g/mol. The Labute approximate surface area is 109 Å². The van der Waals surface area contributed by atoms with E-state index in [1.165, 1.54) is 42.6 Å². The summed E-state index contributed by atoms with van der Waals surface area (Å²) in [6.45, 7) is 4.49. The van der Waals surface area contributed by atoms with Crippen molar-refractivity contribution in [2.45, 2.75) is 39.3 Å². The highest BCUT2D eigenvalue weighted by atomic mass is 32.2. The van der Waals surface area contributed by atoms with Gasteiger partial charge in [-0.2, -0.15) is 17.4 Å². The molecule has 0 radical (unpaired) electrons. The van der Waals surface area contributed by atoms with E-state index in [0.29, 0.717) is 12.6 Å². The van der Waals surface area contributed by atoms with Gasteiger partial charge in [-0.1, -0.05) is 0 Å². The van der Waals surface area contributed by atoms with E-state index in [9.17, 15) is 8.42 Å². The van der Waals surface area contributed by atoms with Gasteiger partial charge in [0.25, 0.3) is 10.2 Å². The predicted octanol–water partition coefficient (Wildman–Crippen LogP) is 1.34. The van der Waals surface area contributed by atoms with Crippen molar-refractivity contribution in [2.24, 2.45) is 0 Å². The summed E-state index contributed by atoms with van der Waals surface area (Å²) in [5.74, 6) is 0. The molecular weight excluding hydrogens is 250 g/mol. The lowest BCUT2D eigenvalue weighted by Gasteiger charge is -2.12. The van der Waals surface area contributed by atoms with Crippen molar-refractivity contribution in [3.05, 3.63) is 23.0 Å². The molecule has 102 valence electrons. The van der Waals surface area contributed by atoms with Crippen LogP contribution < -0.4 is 4.72 Å². The predicted molar refractivity (Wildman–Crippen MR) is 71.6 cm³/mol. The minimum absolute atomic E-state index is 0.354. The van der Waals surface area contributed by atoms with Gasteiger partial charge in [0.1, 0.15) is 0 Å². The third kappa shape index (κ3) is 2.60. The van der Waals surface area contributed by atoms with Gasteiger partial charge < -0.3 is 4.57 Å². The van der Waals surface area contributed by atoms with Crippen LogP contribution in [0.4, 0.5) is 0 Å². The molecule has 18 heavy (non-hydrogen) atoms. The Hall–Kier alpha value is -0.850. The molecule has 0 amide bonds. The average Bonchev–Trinajstić information content (AvgIpc) is 3.04. The first-order valence-electron chi connectivity index (χ1n) is 6.17. The van der Waals surface area contributed by atoms with Gasteiger partial charge in [0.2, 0.25) is 0 Å². The van der Waals surface area contributed by atoms with Gasteiger partial charge in [0.15, 0.2) is 0 Å². The van der Waals surface area contributed by atoms with Crippen molar-refractivity contribution in [1.82, 2.24) is 13.6 Å². The molecule has 0 saturated heterocycles. The molecule has 1 fully saturated rings. The van der Waals surface area contributed by atoms with Crippen LogP contribution in [-0.4, -0.2) is 31.4 Å². The Balaban J connectivity index is 2.13. The van der Waals surface area contributed by atoms with Crippen LogP contribution in [0, 0.1) is 13.8 Å². The standard InChI is InChI=1S/C12H21N3O2S/c1-9-7-11(8-13-18(16,17)14(3)4)10(2)15(9)12-5-6-12/h7,12-13H,5-6,8H2,1-4H3. The van der Waals surface area contributed by atoms with Crippen LogP contribution in [-0.2, 0) is 16.8 Å². The fraction of sp³-hybridized carbons (Fsp3) is 0.667. The third-order valence-corrected chi connectivity index (χ3v) is 4.90. The van der Waals surface area contributed by atoms with E-state index in [4.69, 9.17) is 0 Å². The SMILES string of the molecule is Cc1cc(CNS(=O)(=O)N(C)C)c(C)n1C1CC1. The molecule has 0 atom stereocenters. The van der Waals surface area contributed by atoms with Crippen LogP contribution in [0.5, 0.6) is 0 Å². The number of aromatic nitrogens is 1. The molecule has 1 heterocycles. The van der Waals surface area contributed by atoms with Crippen LogP contribution >= 0.6 is 0 Å². The van der Waals surface area contributed by atoms with Crippen molar-refractivity contribution < 1.29 is 8.42 Å². The molecule has 0 spiro atoms. The Morgan fingerprint density at radius 1 is 1.39 bits per heavy atom. The number of hydrogen-bond acceptors (Lipinski definition) is 2. The molecular formula is C12H21N3O2S. The highest BCUT2D eigenvalue weighted by Crippen LogP contribution is 2.38. The lowest BCUT2D eigenvalue weighted by molar-refractivity contribution is 0.505. The molecule has 1 aromatic heterocycles. The Kier molecular flexibility index (Phi) is 3.53. The average molecular weight is 271 g/mol. The van der Waals surface area contributed by atoms with E-state index >= 15 is 0 Å². The summed E-state index contributed by atoms with van der Waals surface area (Å²) >= 11 is 0. The van der Waals surface area contributed by atoms with E-state index in [1.807, 2.05) is 0 Å². The topological polar surface area (TPSA) is 54.3 Å². The second-order valence-corrected chi connectivity index (χ2v) is 7.08. The van der Waals surface area contributed by atoms with Gasteiger partial charge in [0, 0.05) is 38.1 Å². The quantitative estimate of drug-likeness (QED) is 0.878. The summed E-state index contributed by atoms with van der Waals surface area (Å²) in [7, 11) is -0.300. The largest absolute Gasteiger partial charge is 0.346 e. The first-order chi connectivity index (χ1) is 8.33. The second-order valence-electron chi connectivity index (χ2n) is 5.11. The zero-order valence-electron chi connectivity index (χ0n) is 11.4. The molecule has 0 unspecified atom stereocenters. The van der Waals surface area contributed by atoms with Crippen LogP contribution in [0.1, 0.15) is 35.8 Å². The van der Waals surface area contributed by atoms with E-state index < -0.39 is 10.2 Å². The molecule has 0 aromatic carbocycles. The van der Waals surface area contributed by atoms with Gasteiger partial charge in [-0.15, -0.1) is 0 Å². The molecule has 2 rings (SSSR count). The van der Waals surface area contributed by atoms with Crippen molar-refractivity contribution >= 4 is 10.2 Å². The lowest BCUT2D eigenvalue weighted by Crippen LogP contribution is -2.35. The fourth-order valence-corrected chi connectivity index (χ4v) is 2.81. The van der Waals surface area contributed by atoms with Gasteiger partial charge in [-0.3, -0.25) is 0 Å². The maximum absolute atomic E-state index is 11.7. The Bertz CT molecular complexity index is 542. The zero-order valence-corrected chi connectivity index (χ0v) is 12.2. The molecule has 1 aliphatic rings. The van der Waals surface area contributed by atoms with Gasteiger partial charge >= 0.3 is 0 Å². The maximum Gasteiger partial charge on any atom is 0.279 e. The van der Waals surface area contributed by atoms with E-state index in [-0.39, 0.29) is 0 Å². The van der Waals surface area contributed by atoms with Crippen LogP contribution in [0.2, 0.25) is 0 Å². The minimum Gasteiger partial charge on any atom is -0.346 e. The summed E-state index contributed by atoms with van der Waals surface area (Å²) in [5.41, 5.74) is 3.45. The van der Waals surface area contributed by atoms with E-state index in [0.717, 1.165) is 5.56 Å². The smallest absolute Gasteiger partial charge is 0.279 e. The molecule has 1 aliphatic carbocycles. The summed E-state index contributed by atoms with van der Waals surface area (Å²) in [6.07, 6.45) is 2.47. The van der Waals surface area contributed by atoms with Gasteiger partial charge in [-0.25, -0.2) is 0 Å². The first kappa shape index (κ1) is 13.6. The molecule has 0 bridgehead atoms. The fourth-order valence-electron chi connectivity index (χ4n) is 2.22. The summed E-state index contributed by atoms with van der Waals surface area (Å²) in [5, 5.41) is 0. The molecule has 6 heteroatoms. The summed E-state index contributed by atoms with van der Waals surface area (Å²) < 4.78 is 29.4. The first-order valence-corrected chi connectivity index (χ1v) is 7.61. The van der Waals surface area contributed by atoms with Crippen molar-refractivity contribution in [1.29, 1.82) is 0 Å². The van der Waals surface area contributed by atoms with Crippen LogP contribution in [0.15, 0.2) is 6.07 Å². The molecule has 1 N–H and O–H groups in total. The molecule has 0 aliphatic heterocycles. The van der Waals surface area contributed by atoms with Crippen molar-refractivity contribution in [2.75, 3.05) is 14.1 Å². The molecule has 1 saturated carbocycles. The summed E-state index contributed by atoms with van der Waals surface area (Å²) in [4.78, 5) is 0. The molecule has 5 nitrogen and oxygen atoms in total. The normalized spacial score (nSPS) is 16.5. The number of hydrogen-bond donors (Lipinski definition) is 1. The number of aryl methyl sites for hydroxylation is 1. The van der Waals surface area contributed by atoms with Crippen molar-refractivity contribution in [3.63, 3.8) is 0 Å². The number of nitrogens with one attached hydrogen (secondary N) is 1. The van der Waals surface area contributed by atoms with Gasteiger partial charge in [0.05, 0.1) is 0 Å². The van der Waals surface area contributed by atoms with Crippen molar-refractivity contribution in [3.8, 4) is 0 Å². The van der Waals surface area contributed by atoms with Crippen LogP contribution in [0.3, 0.4) is 0 Å². The van der Waals surface area contributed by atoms with E-state index in [1.54, 1.807) is 0 Å². The van der Waals surface area contributed by atoms with Crippen LogP contribution in [0.25, 0.3) is 0 Å². The molecule has 1 aromatic rings. The Morgan fingerprint density at radius 2 is 2.00 bits per heavy atom. The van der Waals surface area contributed by atoms with E-state index in [2.05, 4.69) is 29.2 Å². The minimum atomic E-state index is -3.35. The Morgan fingerprint density at radius 3 is 2.50 bits per heavy atom. The second kappa shape index (κ2) is 4.68.